The molecule has 0 aliphatic heterocycles. The first-order valence-electron chi connectivity index (χ1n) is 4.08. The summed E-state index contributed by atoms with van der Waals surface area (Å²) >= 11 is 0. The van der Waals surface area contributed by atoms with Crippen LogP contribution in [-0.4, -0.2) is 7.05 Å². The van der Waals surface area contributed by atoms with Crippen molar-refractivity contribution in [1.82, 2.24) is 5.32 Å². The Hall–Kier alpha value is -1.33. The van der Waals surface area contributed by atoms with Crippen LogP contribution in [-0.2, 0) is 0 Å². The van der Waals surface area contributed by atoms with E-state index in [9.17, 15) is 4.39 Å². The van der Waals surface area contributed by atoms with E-state index in [4.69, 9.17) is 6.42 Å². The monoisotopic (exact) mass is 177 g/mol. The predicted molar refractivity (Wildman–Crippen MR) is 51.8 cm³/mol. The van der Waals surface area contributed by atoms with Crippen molar-refractivity contribution in [3.63, 3.8) is 0 Å². The molecule has 1 aromatic carbocycles. The van der Waals surface area contributed by atoms with Gasteiger partial charge in [0.2, 0.25) is 0 Å². The van der Waals surface area contributed by atoms with Crippen LogP contribution in [0, 0.1) is 25.1 Å². The van der Waals surface area contributed by atoms with Crippen molar-refractivity contribution in [3.05, 3.63) is 35.1 Å². The maximum absolute atomic E-state index is 13.3. The van der Waals surface area contributed by atoms with Gasteiger partial charge in [0.05, 0.1) is 6.04 Å². The quantitative estimate of drug-likeness (QED) is 0.681. The van der Waals surface area contributed by atoms with Gasteiger partial charge in [0.25, 0.3) is 0 Å². The minimum Gasteiger partial charge on any atom is -0.303 e. The van der Waals surface area contributed by atoms with Crippen molar-refractivity contribution in [2.24, 2.45) is 0 Å². The highest BCUT2D eigenvalue weighted by Gasteiger charge is 2.10. The van der Waals surface area contributed by atoms with Crippen LogP contribution in [0.15, 0.2) is 18.2 Å². The van der Waals surface area contributed by atoms with Crippen molar-refractivity contribution >= 4 is 0 Å². The molecule has 68 valence electrons. The largest absolute Gasteiger partial charge is 0.303 e. The normalized spacial score (nSPS) is 12.2. The maximum Gasteiger partial charge on any atom is 0.128 e. The zero-order chi connectivity index (χ0) is 9.84. The SMILES string of the molecule is C#CC(NC)c1cc(C)ccc1F. The molecule has 0 fully saturated rings. The van der Waals surface area contributed by atoms with Crippen molar-refractivity contribution in [3.8, 4) is 12.3 Å². The van der Waals surface area contributed by atoms with Gasteiger partial charge in [-0.15, -0.1) is 6.42 Å². The first-order valence-corrected chi connectivity index (χ1v) is 4.08. The van der Waals surface area contributed by atoms with Gasteiger partial charge in [-0.05, 0) is 20.0 Å². The summed E-state index contributed by atoms with van der Waals surface area (Å²) in [5.41, 5.74) is 1.54. The molecule has 1 atom stereocenters. The van der Waals surface area contributed by atoms with E-state index < -0.39 is 0 Å². The Kier molecular flexibility index (Phi) is 3.05. The Balaban J connectivity index is 3.13. The summed E-state index contributed by atoms with van der Waals surface area (Å²) in [6, 6.07) is 4.57. The van der Waals surface area contributed by atoms with Crippen LogP contribution in [0.4, 0.5) is 4.39 Å². The summed E-state index contributed by atoms with van der Waals surface area (Å²) in [6.45, 7) is 1.91. The Bertz CT molecular complexity index is 338. The van der Waals surface area contributed by atoms with Crippen LogP contribution in [0.1, 0.15) is 17.2 Å². The molecule has 0 radical (unpaired) electrons. The summed E-state index contributed by atoms with van der Waals surface area (Å²) in [7, 11) is 1.71. The molecule has 1 rings (SSSR count). The topological polar surface area (TPSA) is 12.0 Å². The fraction of sp³-hybridized carbons (Fsp3) is 0.273. The molecule has 0 bridgehead atoms. The van der Waals surface area contributed by atoms with E-state index in [2.05, 4.69) is 11.2 Å². The average molecular weight is 177 g/mol. The second-order valence-corrected chi connectivity index (χ2v) is 2.91. The van der Waals surface area contributed by atoms with Gasteiger partial charge in [0, 0.05) is 5.56 Å². The highest BCUT2D eigenvalue weighted by atomic mass is 19.1. The minimum atomic E-state index is -0.347. The van der Waals surface area contributed by atoms with Gasteiger partial charge in [-0.3, -0.25) is 0 Å². The third kappa shape index (κ3) is 2.07. The second-order valence-electron chi connectivity index (χ2n) is 2.91. The number of hydrogen-bond donors (Lipinski definition) is 1. The molecule has 13 heavy (non-hydrogen) atoms. The Labute approximate surface area is 78.0 Å². The molecule has 1 nitrogen and oxygen atoms in total. The Morgan fingerprint density at radius 3 is 2.77 bits per heavy atom. The van der Waals surface area contributed by atoms with Gasteiger partial charge in [0.15, 0.2) is 0 Å². The standard InChI is InChI=1S/C11H12FN/c1-4-11(13-3)9-7-8(2)5-6-10(9)12/h1,5-7,11,13H,2-3H3. The third-order valence-electron chi connectivity index (χ3n) is 1.92. The van der Waals surface area contributed by atoms with Crippen LogP contribution in [0.3, 0.4) is 0 Å². The first-order chi connectivity index (χ1) is 6.19. The Morgan fingerprint density at radius 1 is 1.54 bits per heavy atom. The van der Waals surface area contributed by atoms with Crippen LogP contribution < -0.4 is 5.32 Å². The highest BCUT2D eigenvalue weighted by molar-refractivity contribution is 5.31. The zero-order valence-corrected chi connectivity index (χ0v) is 7.76. The van der Waals surface area contributed by atoms with Gasteiger partial charge >= 0.3 is 0 Å². The lowest BCUT2D eigenvalue weighted by Gasteiger charge is -2.11. The van der Waals surface area contributed by atoms with Crippen molar-refractivity contribution < 1.29 is 4.39 Å². The van der Waals surface area contributed by atoms with E-state index >= 15 is 0 Å². The smallest absolute Gasteiger partial charge is 0.128 e. The van der Waals surface area contributed by atoms with Gasteiger partial charge in [-0.25, -0.2) is 4.39 Å². The van der Waals surface area contributed by atoms with E-state index in [1.165, 1.54) is 6.07 Å². The molecule has 1 aromatic rings. The van der Waals surface area contributed by atoms with E-state index in [1.54, 1.807) is 19.2 Å². The van der Waals surface area contributed by atoms with Crippen molar-refractivity contribution in [2.45, 2.75) is 13.0 Å². The second kappa shape index (κ2) is 4.06. The Morgan fingerprint density at radius 2 is 2.23 bits per heavy atom. The number of nitrogens with one attached hydrogen (secondary N) is 1. The summed E-state index contributed by atoms with van der Waals surface area (Å²) in [5, 5.41) is 2.86. The van der Waals surface area contributed by atoms with Crippen LogP contribution >= 0.6 is 0 Å². The average Bonchev–Trinajstić information content (AvgIpc) is 2.13. The number of aryl methyl sites for hydroxylation is 1. The molecule has 2 heteroatoms. The maximum atomic E-state index is 13.3. The summed E-state index contributed by atoms with van der Waals surface area (Å²) in [6.07, 6.45) is 5.26. The fourth-order valence-electron chi connectivity index (χ4n) is 1.21. The number of hydrogen-bond acceptors (Lipinski definition) is 1. The zero-order valence-electron chi connectivity index (χ0n) is 7.76. The van der Waals surface area contributed by atoms with Gasteiger partial charge in [-0.2, -0.15) is 0 Å². The molecule has 0 saturated carbocycles. The highest BCUT2D eigenvalue weighted by Crippen LogP contribution is 2.17. The summed E-state index contributed by atoms with van der Waals surface area (Å²) in [5.74, 6) is 2.22. The lowest BCUT2D eigenvalue weighted by atomic mass is 10.0. The van der Waals surface area contributed by atoms with Crippen molar-refractivity contribution in [2.75, 3.05) is 7.05 Å². The fourth-order valence-corrected chi connectivity index (χ4v) is 1.21. The van der Waals surface area contributed by atoms with Gasteiger partial charge in [0.1, 0.15) is 5.82 Å². The molecule has 0 aliphatic rings. The van der Waals surface area contributed by atoms with E-state index in [1.807, 2.05) is 6.92 Å². The molecule has 0 aliphatic carbocycles. The summed E-state index contributed by atoms with van der Waals surface area (Å²) < 4.78 is 13.3. The first kappa shape index (κ1) is 9.76. The molecule has 0 aromatic heterocycles. The van der Waals surface area contributed by atoms with Crippen LogP contribution in [0.2, 0.25) is 0 Å². The molecule has 0 amide bonds. The van der Waals surface area contributed by atoms with Crippen LogP contribution in [0.5, 0.6) is 0 Å². The molecule has 0 spiro atoms. The molecular weight excluding hydrogens is 165 g/mol. The van der Waals surface area contributed by atoms with Crippen LogP contribution in [0.25, 0.3) is 0 Å². The molecular formula is C11H12FN. The predicted octanol–water partition coefficient (Wildman–Crippen LogP) is 2.03. The van der Waals surface area contributed by atoms with E-state index in [0.717, 1.165) is 5.56 Å². The lowest BCUT2D eigenvalue weighted by Crippen LogP contribution is -2.15. The molecule has 1 unspecified atom stereocenters. The minimum absolute atomic E-state index is 0.261. The molecule has 1 N–H and O–H groups in total. The van der Waals surface area contributed by atoms with Gasteiger partial charge < -0.3 is 5.32 Å². The number of benzene rings is 1. The van der Waals surface area contributed by atoms with Gasteiger partial charge in [-0.1, -0.05) is 23.6 Å². The van der Waals surface area contributed by atoms with E-state index in [-0.39, 0.29) is 11.9 Å². The lowest BCUT2D eigenvalue weighted by molar-refractivity contribution is 0.586. The summed E-state index contributed by atoms with van der Waals surface area (Å²) in [4.78, 5) is 0. The van der Waals surface area contributed by atoms with E-state index in [0.29, 0.717) is 5.56 Å². The molecule has 0 heterocycles. The molecule has 0 saturated heterocycles. The number of terminal acetylenes is 1. The number of rotatable bonds is 2. The van der Waals surface area contributed by atoms with Crippen molar-refractivity contribution in [1.29, 1.82) is 0 Å². The third-order valence-corrected chi connectivity index (χ3v) is 1.92. The number of halogens is 1.